The molecular formula is C19H20N2O6. The summed E-state index contributed by atoms with van der Waals surface area (Å²) in [4.78, 5) is 22.3. The van der Waals surface area contributed by atoms with Gasteiger partial charge in [0.25, 0.3) is 5.69 Å². The summed E-state index contributed by atoms with van der Waals surface area (Å²) in [6.07, 6.45) is 2.83. The van der Waals surface area contributed by atoms with Crippen LogP contribution in [0.1, 0.15) is 11.1 Å². The van der Waals surface area contributed by atoms with Gasteiger partial charge in [0.1, 0.15) is 0 Å². The molecule has 8 heteroatoms. The summed E-state index contributed by atoms with van der Waals surface area (Å²) in [5.41, 5.74) is 1.30. The maximum Gasteiger partial charge on any atom is 0.270 e. The van der Waals surface area contributed by atoms with E-state index in [9.17, 15) is 14.9 Å². The fourth-order valence-corrected chi connectivity index (χ4v) is 2.40. The molecule has 8 nitrogen and oxygen atoms in total. The Kier molecular flexibility index (Phi) is 6.76. The van der Waals surface area contributed by atoms with E-state index in [1.807, 2.05) is 0 Å². The Morgan fingerprint density at radius 1 is 1.11 bits per heavy atom. The van der Waals surface area contributed by atoms with Crippen molar-refractivity contribution >= 4 is 17.7 Å². The van der Waals surface area contributed by atoms with Crippen LogP contribution in [0.2, 0.25) is 0 Å². The minimum absolute atomic E-state index is 0.0324. The normalized spacial score (nSPS) is 10.5. The Hall–Kier alpha value is -3.55. The molecule has 0 atom stereocenters. The molecule has 0 bridgehead atoms. The molecule has 27 heavy (non-hydrogen) atoms. The molecule has 2 aromatic rings. The number of hydrogen-bond acceptors (Lipinski definition) is 6. The first-order valence-corrected chi connectivity index (χ1v) is 7.97. The molecular weight excluding hydrogens is 352 g/mol. The summed E-state index contributed by atoms with van der Waals surface area (Å²) in [7, 11) is 4.55. The quantitative estimate of drug-likeness (QED) is 0.434. The van der Waals surface area contributed by atoms with Crippen molar-refractivity contribution in [3.05, 3.63) is 63.7 Å². The van der Waals surface area contributed by atoms with E-state index in [1.165, 1.54) is 45.6 Å². The van der Waals surface area contributed by atoms with Crippen molar-refractivity contribution < 1.29 is 23.9 Å². The van der Waals surface area contributed by atoms with Gasteiger partial charge in [-0.1, -0.05) is 12.1 Å². The molecule has 2 aromatic carbocycles. The minimum Gasteiger partial charge on any atom is -0.493 e. The van der Waals surface area contributed by atoms with Gasteiger partial charge in [0.05, 0.1) is 26.3 Å². The highest BCUT2D eigenvalue weighted by atomic mass is 16.6. The van der Waals surface area contributed by atoms with Crippen molar-refractivity contribution in [3.63, 3.8) is 0 Å². The van der Waals surface area contributed by atoms with E-state index in [4.69, 9.17) is 14.2 Å². The number of ether oxygens (including phenoxy) is 3. The van der Waals surface area contributed by atoms with Crippen molar-refractivity contribution in [2.75, 3.05) is 21.3 Å². The van der Waals surface area contributed by atoms with Crippen molar-refractivity contribution in [2.45, 2.75) is 6.54 Å². The minimum atomic E-state index is -0.484. The zero-order valence-corrected chi connectivity index (χ0v) is 15.2. The van der Waals surface area contributed by atoms with Crippen LogP contribution in [0.3, 0.4) is 0 Å². The number of carbonyl (C=O) groups is 1. The molecule has 0 fully saturated rings. The van der Waals surface area contributed by atoms with Crippen LogP contribution in [0, 0.1) is 10.1 Å². The van der Waals surface area contributed by atoms with Gasteiger partial charge < -0.3 is 19.5 Å². The molecule has 0 aliphatic carbocycles. The van der Waals surface area contributed by atoms with Crippen LogP contribution in [0.5, 0.6) is 17.2 Å². The number of benzene rings is 2. The summed E-state index contributed by atoms with van der Waals surface area (Å²) in [6, 6.07) is 9.50. The van der Waals surface area contributed by atoms with Crippen molar-refractivity contribution in [1.82, 2.24) is 5.32 Å². The standard InChI is InChI=1S/C19H20N2O6/c1-25-16-10-14(11-17(26-2)19(16)27-3)12-20-18(22)8-7-13-5-4-6-15(9-13)21(23)24/h4-11H,12H2,1-3H3,(H,20,22)/b8-7+. The molecule has 0 saturated carbocycles. The number of nitro groups is 1. The molecule has 1 amide bonds. The summed E-state index contributed by atoms with van der Waals surface area (Å²) in [6.45, 7) is 0.245. The van der Waals surface area contributed by atoms with Crippen LogP contribution in [0.25, 0.3) is 6.08 Å². The van der Waals surface area contributed by atoms with E-state index in [0.717, 1.165) is 5.56 Å². The van der Waals surface area contributed by atoms with Gasteiger partial charge in [-0.15, -0.1) is 0 Å². The van der Waals surface area contributed by atoms with E-state index < -0.39 is 4.92 Å². The number of carbonyl (C=O) groups excluding carboxylic acids is 1. The Morgan fingerprint density at radius 3 is 2.33 bits per heavy atom. The van der Waals surface area contributed by atoms with Gasteiger partial charge in [0.15, 0.2) is 11.5 Å². The Balaban J connectivity index is 2.05. The maximum absolute atomic E-state index is 12.0. The zero-order valence-electron chi connectivity index (χ0n) is 15.2. The van der Waals surface area contributed by atoms with Crippen LogP contribution in [0.4, 0.5) is 5.69 Å². The molecule has 1 N–H and O–H groups in total. The van der Waals surface area contributed by atoms with Gasteiger partial charge in [-0.05, 0) is 29.3 Å². The smallest absolute Gasteiger partial charge is 0.270 e. The zero-order chi connectivity index (χ0) is 19.8. The fraction of sp³-hybridized carbons (Fsp3) is 0.211. The SMILES string of the molecule is COc1cc(CNC(=O)/C=C/c2cccc([N+](=O)[O-])c2)cc(OC)c1OC. The highest BCUT2D eigenvalue weighted by Crippen LogP contribution is 2.38. The Morgan fingerprint density at radius 2 is 1.78 bits per heavy atom. The predicted molar refractivity (Wildman–Crippen MR) is 100 cm³/mol. The first-order chi connectivity index (χ1) is 13.0. The number of non-ortho nitro benzene ring substituents is 1. The van der Waals surface area contributed by atoms with Crippen LogP contribution >= 0.6 is 0 Å². The maximum atomic E-state index is 12.0. The van der Waals surface area contributed by atoms with E-state index in [1.54, 1.807) is 24.3 Å². The number of nitro benzene ring substituents is 1. The molecule has 0 aromatic heterocycles. The predicted octanol–water partition coefficient (Wildman–Crippen LogP) is 2.95. The Bertz CT molecular complexity index is 838. The van der Waals surface area contributed by atoms with Crippen molar-refractivity contribution in [2.24, 2.45) is 0 Å². The molecule has 0 aliphatic rings. The lowest BCUT2D eigenvalue weighted by Crippen LogP contribution is -2.20. The molecule has 0 spiro atoms. The van der Waals surface area contributed by atoms with Crippen molar-refractivity contribution in [3.8, 4) is 17.2 Å². The third kappa shape index (κ3) is 5.21. The van der Waals surface area contributed by atoms with Gasteiger partial charge in [0.2, 0.25) is 11.7 Å². The van der Waals surface area contributed by atoms with E-state index >= 15 is 0 Å². The summed E-state index contributed by atoms with van der Waals surface area (Å²) >= 11 is 0. The van der Waals surface area contributed by atoms with Gasteiger partial charge in [0, 0.05) is 24.8 Å². The molecule has 0 unspecified atom stereocenters. The largest absolute Gasteiger partial charge is 0.493 e. The topological polar surface area (TPSA) is 99.9 Å². The van der Waals surface area contributed by atoms with Crippen LogP contribution < -0.4 is 19.5 Å². The summed E-state index contributed by atoms with van der Waals surface area (Å²) < 4.78 is 15.8. The highest BCUT2D eigenvalue weighted by molar-refractivity contribution is 5.91. The van der Waals surface area contributed by atoms with Crippen LogP contribution in [0.15, 0.2) is 42.5 Å². The molecule has 2 rings (SSSR count). The third-order valence-corrected chi connectivity index (χ3v) is 3.70. The summed E-state index contributed by atoms with van der Waals surface area (Å²) in [5, 5.41) is 13.5. The van der Waals surface area contributed by atoms with Crippen LogP contribution in [-0.4, -0.2) is 32.2 Å². The first-order valence-electron chi connectivity index (χ1n) is 7.97. The van der Waals surface area contributed by atoms with Crippen LogP contribution in [-0.2, 0) is 11.3 Å². The van der Waals surface area contributed by atoms with Gasteiger partial charge >= 0.3 is 0 Å². The number of hydrogen-bond donors (Lipinski definition) is 1. The molecule has 0 heterocycles. The average Bonchev–Trinajstić information content (AvgIpc) is 2.69. The number of methoxy groups -OCH3 is 3. The highest BCUT2D eigenvalue weighted by Gasteiger charge is 2.13. The van der Waals surface area contributed by atoms with Gasteiger partial charge in [-0.25, -0.2) is 0 Å². The third-order valence-electron chi connectivity index (χ3n) is 3.70. The second kappa shape index (κ2) is 9.23. The van der Waals surface area contributed by atoms with Crippen molar-refractivity contribution in [1.29, 1.82) is 0 Å². The second-order valence-corrected chi connectivity index (χ2v) is 5.44. The Labute approximate surface area is 156 Å². The number of amides is 1. The lowest BCUT2D eigenvalue weighted by Gasteiger charge is -2.14. The van der Waals surface area contributed by atoms with E-state index in [2.05, 4.69) is 5.32 Å². The molecule has 0 saturated heterocycles. The average molecular weight is 372 g/mol. The first kappa shape index (κ1) is 19.8. The summed E-state index contributed by atoms with van der Waals surface area (Å²) in [5.74, 6) is 1.12. The fourth-order valence-electron chi connectivity index (χ4n) is 2.40. The number of nitrogens with zero attached hydrogens (tertiary/aromatic N) is 1. The second-order valence-electron chi connectivity index (χ2n) is 5.44. The van der Waals surface area contributed by atoms with Gasteiger partial charge in [-0.2, -0.15) is 0 Å². The van der Waals surface area contributed by atoms with Gasteiger partial charge in [-0.3, -0.25) is 14.9 Å². The monoisotopic (exact) mass is 372 g/mol. The lowest BCUT2D eigenvalue weighted by molar-refractivity contribution is -0.384. The number of nitrogens with one attached hydrogen (secondary N) is 1. The molecule has 0 radical (unpaired) electrons. The molecule has 0 aliphatic heterocycles. The molecule has 142 valence electrons. The van der Waals surface area contributed by atoms with E-state index in [0.29, 0.717) is 22.8 Å². The van der Waals surface area contributed by atoms with E-state index in [-0.39, 0.29) is 18.1 Å². The number of rotatable bonds is 8. The lowest BCUT2D eigenvalue weighted by atomic mass is 10.1.